The largest absolute Gasteiger partial charge is 0.393 e. The van der Waals surface area contributed by atoms with E-state index >= 15 is 0 Å². The molecule has 0 fully saturated rings. The molecule has 0 aliphatic heterocycles. The SMILES string of the molecule is CCCCC(O)CC(C)c1ccccc1. The summed E-state index contributed by atoms with van der Waals surface area (Å²) in [4.78, 5) is 0. The van der Waals surface area contributed by atoms with Crippen molar-refractivity contribution >= 4 is 0 Å². The van der Waals surface area contributed by atoms with Gasteiger partial charge in [0.05, 0.1) is 6.10 Å². The van der Waals surface area contributed by atoms with Gasteiger partial charge < -0.3 is 5.11 Å². The van der Waals surface area contributed by atoms with Gasteiger partial charge in [-0.2, -0.15) is 0 Å². The zero-order chi connectivity index (χ0) is 11.1. The third-order valence-corrected chi connectivity index (χ3v) is 2.89. The first-order chi connectivity index (χ1) is 7.24. The fraction of sp³-hybridized carbons (Fsp3) is 0.571. The molecule has 0 saturated heterocycles. The van der Waals surface area contributed by atoms with Crippen LogP contribution in [0.2, 0.25) is 0 Å². The molecule has 0 spiro atoms. The zero-order valence-corrected chi connectivity index (χ0v) is 9.82. The molecule has 1 nitrogen and oxygen atoms in total. The molecule has 0 heterocycles. The molecule has 1 aromatic rings. The van der Waals surface area contributed by atoms with E-state index in [4.69, 9.17) is 0 Å². The van der Waals surface area contributed by atoms with E-state index in [0.717, 1.165) is 25.7 Å². The van der Waals surface area contributed by atoms with Crippen LogP contribution in [0, 0.1) is 0 Å². The standard InChI is InChI=1S/C14H22O/c1-3-4-10-14(15)11-12(2)13-8-6-5-7-9-13/h5-9,12,14-15H,3-4,10-11H2,1-2H3. The summed E-state index contributed by atoms with van der Waals surface area (Å²) in [6, 6.07) is 10.4. The minimum atomic E-state index is -0.139. The lowest BCUT2D eigenvalue weighted by molar-refractivity contribution is 0.144. The Morgan fingerprint density at radius 1 is 1.20 bits per heavy atom. The molecule has 0 radical (unpaired) electrons. The lowest BCUT2D eigenvalue weighted by atomic mass is 9.93. The van der Waals surface area contributed by atoms with Crippen molar-refractivity contribution in [1.29, 1.82) is 0 Å². The van der Waals surface area contributed by atoms with E-state index < -0.39 is 0 Å². The van der Waals surface area contributed by atoms with Crippen molar-refractivity contribution < 1.29 is 5.11 Å². The van der Waals surface area contributed by atoms with E-state index in [9.17, 15) is 5.11 Å². The van der Waals surface area contributed by atoms with Crippen LogP contribution in [-0.4, -0.2) is 11.2 Å². The van der Waals surface area contributed by atoms with Crippen molar-refractivity contribution in [3.8, 4) is 0 Å². The van der Waals surface area contributed by atoms with Crippen LogP contribution in [0.15, 0.2) is 30.3 Å². The lowest BCUT2D eigenvalue weighted by Crippen LogP contribution is -2.10. The van der Waals surface area contributed by atoms with Gasteiger partial charge in [-0.1, -0.05) is 57.0 Å². The van der Waals surface area contributed by atoms with Crippen LogP contribution in [0.25, 0.3) is 0 Å². The van der Waals surface area contributed by atoms with Gasteiger partial charge in [0.15, 0.2) is 0 Å². The molecular weight excluding hydrogens is 184 g/mol. The molecule has 1 N–H and O–H groups in total. The Labute approximate surface area is 93.1 Å². The number of unbranched alkanes of at least 4 members (excludes halogenated alkanes) is 1. The first kappa shape index (κ1) is 12.3. The number of aliphatic hydroxyl groups excluding tert-OH is 1. The van der Waals surface area contributed by atoms with Gasteiger partial charge in [-0.25, -0.2) is 0 Å². The number of hydrogen-bond donors (Lipinski definition) is 1. The first-order valence-corrected chi connectivity index (χ1v) is 5.97. The van der Waals surface area contributed by atoms with Crippen molar-refractivity contribution in [1.82, 2.24) is 0 Å². The van der Waals surface area contributed by atoms with Gasteiger partial charge in [0.1, 0.15) is 0 Å². The highest BCUT2D eigenvalue weighted by Gasteiger charge is 2.11. The molecule has 0 aromatic heterocycles. The van der Waals surface area contributed by atoms with Gasteiger partial charge >= 0.3 is 0 Å². The number of hydrogen-bond acceptors (Lipinski definition) is 1. The molecular formula is C14H22O. The third-order valence-electron chi connectivity index (χ3n) is 2.89. The van der Waals surface area contributed by atoms with Crippen LogP contribution in [0.5, 0.6) is 0 Å². The van der Waals surface area contributed by atoms with Crippen molar-refractivity contribution in [2.45, 2.75) is 51.6 Å². The Hall–Kier alpha value is -0.820. The van der Waals surface area contributed by atoms with Gasteiger partial charge in [-0.15, -0.1) is 0 Å². The molecule has 15 heavy (non-hydrogen) atoms. The third kappa shape index (κ3) is 4.48. The van der Waals surface area contributed by atoms with Gasteiger partial charge in [-0.3, -0.25) is 0 Å². The van der Waals surface area contributed by atoms with Crippen LogP contribution in [0.3, 0.4) is 0 Å². The van der Waals surface area contributed by atoms with Crippen molar-refractivity contribution in [3.05, 3.63) is 35.9 Å². The van der Waals surface area contributed by atoms with Crippen molar-refractivity contribution in [2.75, 3.05) is 0 Å². The average Bonchev–Trinajstić information content (AvgIpc) is 2.27. The second-order valence-electron chi connectivity index (χ2n) is 4.34. The summed E-state index contributed by atoms with van der Waals surface area (Å²) in [7, 11) is 0. The zero-order valence-electron chi connectivity index (χ0n) is 9.82. The summed E-state index contributed by atoms with van der Waals surface area (Å²) in [6.07, 6.45) is 3.97. The summed E-state index contributed by atoms with van der Waals surface area (Å²) in [6.45, 7) is 4.35. The summed E-state index contributed by atoms with van der Waals surface area (Å²) in [5.41, 5.74) is 1.33. The van der Waals surface area contributed by atoms with Crippen LogP contribution in [0.4, 0.5) is 0 Å². The molecule has 0 amide bonds. The van der Waals surface area contributed by atoms with Crippen molar-refractivity contribution in [2.24, 2.45) is 0 Å². The number of rotatable bonds is 6. The van der Waals surface area contributed by atoms with E-state index in [1.54, 1.807) is 0 Å². The summed E-state index contributed by atoms with van der Waals surface area (Å²) in [5, 5.41) is 9.81. The van der Waals surface area contributed by atoms with E-state index in [-0.39, 0.29) is 6.10 Å². The molecule has 0 aliphatic carbocycles. The Kier molecular flexibility index (Phi) is 5.41. The Morgan fingerprint density at radius 2 is 1.87 bits per heavy atom. The summed E-state index contributed by atoms with van der Waals surface area (Å²) >= 11 is 0. The van der Waals surface area contributed by atoms with Crippen LogP contribution < -0.4 is 0 Å². The summed E-state index contributed by atoms with van der Waals surface area (Å²) < 4.78 is 0. The monoisotopic (exact) mass is 206 g/mol. The minimum absolute atomic E-state index is 0.139. The predicted molar refractivity (Wildman–Crippen MR) is 65.0 cm³/mol. The predicted octanol–water partition coefficient (Wildman–Crippen LogP) is 3.73. The molecule has 1 heteroatoms. The molecule has 84 valence electrons. The first-order valence-electron chi connectivity index (χ1n) is 5.97. The number of benzene rings is 1. The molecule has 1 rings (SSSR count). The van der Waals surface area contributed by atoms with E-state index in [1.807, 2.05) is 6.07 Å². The smallest absolute Gasteiger partial charge is 0.0546 e. The molecule has 0 bridgehead atoms. The van der Waals surface area contributed by atoms with Crippen LogP contribution in [-0.2, 0) is 0 Å². The lowest BCUT2D eigenvalue weighted by Gasteiger charge is -2.16. The second kappa shape index (κ2) is 6.62. The number of aliphatic hydroxyl groups is 1. The molecule has 2 atom stereocenters. The normalized spacial score (nSPS) is 14.9. The van der Waals surface area contributed by atoms with Crippen LogP contribution in [0.1, 0.15) is 51.0 Å². The Balaban J connectivity index is 2.38. The second-order valence-corrected chi connectivity index (χ2v) is 4.34. The van der Waals surface area contributed by atoms with E-state index in [2.05, 4.69) is 38.1 Å². The van der Waals surface area contributed by atoms with E-state index in [1.165, 1.54) is 5.56 Å². The highest BCUT2D eigenvalue weighted by Crippen LogP contribution is 2.21. The molecule has 0 saturated carbocycles. The molecule has 2 unspecified atom stereocenters. The molecule has 0 aliphatic rings. The van der Waals surface area contributed by atoms with Gasteiger partial charge in [0.2, 0.25) is 0 Å². The maximum atomic E-state index is 9.81. The Morgan fingerprint density at radius 3 is 2.47 bits per heavy atom. The van der Waals surface area contributed by atoms with Crippen molar-refractivity contribution in [3.63, 3.8) is 0 Å². The van der Waals surface area contributed by atoms with Crippen LogP contribution >= 0.6 is 0 Å². The Bertz CT molecular complexity index is 255. The quantitative estimate of drug-likeness (QED) is 0.752. The maximum absolute atomic E-state index is 9.81. The van der Waals surface area contributed by atoms with E-state index in [0.29, 0.717) is 5.92 Å². The molecule has 1 aromatic carbocycles. The van der Waals surface area contributed by atoms with Gasteiger partial charge in [-0.05, 0) is 24.3 Å². The highest BCUT2D eigenvalue weighted by molar-refractivity contribution is 5.18. The minimum Gasteiger partial charge on any atom is -0.393 e. The highest BCUT2D eigenvalue weighted by atomic mass is 16.3. The topological polar surface area (TPSA) is 20.2 Å². The fourth-order valence-corrected chi connectivity index (χ4v) is 1.88. The maximum Gasteiger partial charge on any atom is 0.0546 e. The summed E-state index contributed by atoms with van der Waals surface area (Å²) in [5.74, 6) is 0.457. The fourth-order valence-electron chi connectivity index (χ4n) is 1.88. The average molecular weight is 206 g/mol. The van der Waals surface area contributed by atoms with Gasteiger partial charge in [0, 0.05) is 0 Å². The van der Waals surface area contributed by atoms with Gasteiger partial charge in [0.25, 0.3) is 0 Å².